The van der Waals surface area contributed by atoms with Gasteiger partial charge in [-0.15, -0.1) is 0 Å². The first-order valence-electron chi connectivity index (χ1n) is 11.6. The second-order valence-electron chi connectivity index (χ2n) is 10.2. The molecule has 6 rings (SSSR count). The molecule has 5 nitrogen and oxygen atoms in total. The van der Waals surface area contributed by atoms with E-state index in [0.717, 1.165) is 52.0 Å². The van der Waals surface area contributed by atoms with Crippen LogP contribution in [0.5, 0.6) is 0 Å². The molecule has 2 saturated carbocycles. The number of fused-ring (bicyclic) bond motifs is 5. The maximum Gasteiger partial charge on any atom is 0.310 e. The van der Waals surface area contributed by atoms with Gasteiger partial charge in [-0.2, -0.15) is 0 Å². The van der Waals surface area contributed by atoms with Gasteiger partial charge in [-0.05, 0) is 44.2 Å². The van der Waals surface area contributed by atoms with Gasteiger partial charge in [-0.3, -0.25) is 9.69 Å². The number of allylic oxidation sites excluding steroid dienone is 1. The van der Waals surface area contributed by atoms with Gasteiger partial charge in [-0.25, -0.2) is 0 Å². The fourth-order valence-corrected chi connectivity index (χ4v) is 6.87. The number of epoxide rings is 1. The molecule has 2 aliphatic carbocycles. The Bertz CT molecular complexity index is 849. The third-order valence-electron chi connectivity index (χ3n) is 8.66. The number of nitrogens with zero attached hydrogens (tertiary/aromatic N) is 2. The average Bonchev–Trinajstić information content (AvgIpc) is 3.24. The molecule has 160 valence electrons. The minimum atomic E-state index is -0.0999. The maximum atomic E-state index is 13.0. The molecule has 0 amide bonds. The SMILES string of the molecule is C=C1CC[C@H]2C(CN3CCN(c4ccccc4)CC3)C(=O)O[C@@H]2[C@@H]2[C@H]1CC1O[C@]12C. The number of para-hydroxylation sites is 1. The lowest BCUT2D eigenvalue weighted by Crippen LogP contribution is -2.49. The van der Waals surface area contributed by atoms with Gasteiger partial charge >= 0.3 is 5.97 Å². The number of rotatable bonds is 3. The summed E-state index contributed by atoms with van der Waals surface area (Å²) in [6, 6.07) is 10.6. The molecule has 5 heteroatoms. The van der Waals surface area contributed by atoms with Gasteiger partial charge in [0.25, 0.3) is 0 Å². The molecule has 5 fully saturated rings. The largest absolute Gasteiger partial charge is 0.461 e. The van der Waals surface area contributed by atoms with Gasteiger partial charge < -0.3 is 14.4 Å². The molecular formula is C25H32N2O3. The Kier molecular flexibility index (Phi) is 4.30. The molecular weight excluding hydrogens is 376 g/mol. The van der Waals surface area contributed by atoms with Crippen molar-refractivity contribution >= 4 is 11.7 Å². The smallest absolute Gasteiger partial charge is 0.310 e. The Morgan fingerprint density at radius 2 is 1.93 bits per heavy atom. The van der Waals surface area contributed by atoms with Crippen LogP contribution in [0.4, 0.5) is 5.69 Å². The van der Waals surface area contributed by atoms with E-state index in [9.17, 15) is 4.79 Å². The van der Waals surface area contributed by atoms with Gasteiger partial charge in [0.1, 0.15) is 6.10 Å². The van der Waals surface area contributed by atoms with Crippen LogP contribution < -0.4 is 4.90 Å². The number of esters is 1. The second kappa shape index (κ2) is 6.83. The minimum Gasteiger partial charge on any atom is -0.461 e. The van der Waals surface area contributed by atoms with E-state index in [1.54, 1.807) is 0 Å². The number of piperazine rings is 1. The summed E-state index contributed by atoms with van der Waals surface area (Å²) < 4.78 is 12.2. The normalized spacial score (nSPS) is 42.9. The number of carbonyl (C=O) groups is 1. The zero-order chi connectivity index (χ0) is 20.5. The molecule has 3 heterocycles. The monoisotopic (exact) mass is 408 g/mol. The first-order valence-corrected chi connectivity index (χ1v) is 11.6. The molecule has 3 saturated heterocycles. The summed E-state index contributed by atoms with van der Waals surface area (Å²) in [5.74, 6) is 1.08. The standard InChI is InChI=1S/C25H32N2O3/c1-16-8-9-18-20(15-26-10-12-27(13-11-26)17-6-4-3-5-7-17)24(28)29-23(18)22-19(16)14-21-25(22,2)30-21/h3-7,18-23H,1,8-15H2,2H3/t18-,19-,20?,21?,22-,23-,25+/m0/s1. The summed E-state index contributed by atoms with van der Waals surface area (Å²) in [5.41, 5.74) is 2.55. The zero-order valence-corrected chi connectivity index (χ0v) is 17.8. The highest BCUT2D eigenvalue weighted by Crippen LogP contribution is 2.63. The predicted octanol–water partition coefficient (Wildman–Crippen LogP) is 3.11. The average molecular weight is 409 g/mol. The van der Waals surface area contributed by atoms with Crippen LogP contribution in [0.2, 0.25) is 0 Å². The minimum absolute atomic E-state index is 0.00812. The van der Waals surface area contributed by atoms with Crippen molar-refractivity contribution < 1.29 is 14.3 Å². The summed E-state index contributed by atoms with van der Waals surface area (Å²) >= 11 is 0. The van der Waals surface area contributed by atoms with Crippen molar-refractivity contribution in [2.24, 2.45) is 23.7 Å². The van der Waals surface area contributed by atoms with Gasteiger partial charge in [-0.1, -0.05) is 30.4 Å². The van der Waals surface area contributed by atoms with Gasteiger partial charge in [0.2, 0.25) is 0 Å². The highest BCUT2D eigenvalue weighted by molar-refractivity contribution is 5.76. The molecule has 0 N–H and O–H groups in total. The second-order valence-corrected chi connectivity index (χ2v) is 10.2. The van der Waals surface area contributed by atoms with Crippen LogP contribution in [-0.2, 0) is 14.3 Å². The third kappa shape index (κ3) is 2.85. The zero-order valence-electron chi connectivity index (χ0n) is 17.8. The van der Waals surface area contributed by atoms with E-state index in [1.165, 1.54) is 11.3 Å². The van der Waals surface area contributed by atoms with Crippen molar-refractivity contribution in [3.05, 3.63) is 42.5 Å². The lowest BCUT2D eigenvalue weighted by molar-refractivity contribution is -0.147. The van der Waals surface area contributed by atoms with E-state index in [4.69, 9.17) is 9.47 Å². The number of carbonyl (C=O) groups excluding carboxylic acids is 1. The van der Waals surface area contributed by atoms with E-state index >= 15 is 0 Å². The maximum absolute atomic E-state index is 13.0. The highest BCUT2D eigenvalue weighted by atomic mass is 16.6. The van der Waals surface area contributed by atoms with E-state index in [0.29, 0.717) is 23.9 Å². The molecule has 5 aliphatic rings. The van der Waals surface area contributed by atoms with Crippen LogP contribution in [0.3, 0.4) is 0 Å². The molecule has 0 aromatic heterocycles. The number of hydrogen-bond donors (Lipinski definition) is 0. The Labute approximate surface area is 179 Å². The topological polar surface area (TPSA) is 45.3 Å². The number of benzene rings is 1. The van der Waals surface area contributed by atoms with Crippen molar-refractivity contribution in [2.45, 2.75) is 44.0 Å². The van der Waals surface area contributed by atoms with Crippen molar-refractivity contribution in [1.82, 2.24) is 4.90 Å². The van der Waals surface area contributed by atoms with Crippen molar-refractivity contribution in [1.29, 1.82) is 0 Å². The molecule has 0 spiro atoms. The van der Waals surface area contributed by atoms with E-state index in [2.05, 4.69) is 53.6 Å². The molecule has 2 unspecified atom stereocenters. The molecule has 30 heavy (non-hydrogen) atoms. The van der Waals surface area contributed by atoms with Crippen LogP contribution in [-0.4, -0.2) is 61.4 Å². The molecule has 0 bridgehead atoms. The van der Waals surface area contributed by atoms with Gasteiger partial charge in [0, 0.05) is 50.2 Å². The van der Waals surface area contributed by atoms with Crippen LogP contribution in [0.15, 0.2) is 42.5 Å². The lowest BCUT2D eigenvalue weighted by atomic mass is 9.77. The Hall–Kier alpha value is -1.85. The Morgan fingerprint density at radius 1 is 1.17 bits per heavy atom. The first kappa shape index (κ1) is 18.9. The highest BCUT2D eigenvalue weighted by Gasteiger charge is 2.71. The van der Waals surface area contributed by atoms with Crippen molar-refractivity contribution in [3.8, 4) is 0 Å². The van der Waals surface area contributed by atoms with Crippen LogP contribution >= 0.6 is 0 Å². The van der Waals surface area contributed by atoms with Crippen LogP contribution in [0, 0.1) is 23.7 Å². The predicted molar refractivity (Wildman–Crippen MR) is 115 cm³/mol. The lowest BCUT2D eigenvalue weighted by Gasteiger charge is -2.37. The number of hydrogen-bond acceptors (Lipinski definition) is 5. The van der Waals surface area contributed by atoms with Gasteiger partial charge in [0.15, 0.2) is 0 Å². The van der Waals surface area contributed by atoms with Crippen LogP contribution in [0.1, 0.15) is 26.2 Å². The molecule has 1 aromatic carbocycles. The Balaban J connectivity index is 1.15. The van der Waals surface area contributed by atoms with Crippen molar-refractivity contribution in [3.63, 3.8) is 0 Å². The summed E-state index contributed by atoms with van der Waals surface area (Å²) in [6.45, 7) is 11.5. The quantitative estimate of drug-likeness (QED) is 0.437. The van der Waals surface area contributed by atoms with Crippen LogP contribution in [0.25, 0.3) is 0 Å². The van der Waals surface area contributed by atoms with E-state index in [-0.39, 0.29) is 23.6 Å². The van der Waals surface area contributed by atoms with E-state index < -0.39 is 0 Å². The summed E-state index contributed by atoms with van der Waals surface area (Å²) in [7, 11) is 0. The molecule has 1 aromatic rings. The fraction of sp³-hybridized carbons (Fsp3) is 0.640. The molecule has 7 atom stereocenters. The fourth-order valence-electron chi connectivity index (χ4n) is 6.87. The Morgan fingerprint density at radius 3 is 2.70 bits per heavy atom. The van der Waals surface area contributed by atoms with Crippen molar-refractivity contribution in [2.75, 3.05) is 37.6 Å². The number of ether oxygens (including phenoxy) is 2. The van der Waals surface area contributed by atoms with E-state index in [1.807, 2.05) is 0 Å². The summed E-state index contributed by atoms with van der Waals surface area (Å²) in [5, 5.41) is 0. The first-order chi connectivity index (χ1) is 14.5. The summed E-state index contributed by atoms with van der Waals surface area (Å²) in [6.07, 6.45) is 3.46. The molecule has 0 radical (unpaired) electrons. The summed E-state index contributed by atoms with van der Waals surface area (Å²) in [4.78, 5) is 17.9. The third-order valence-corrected chi connectivity index (χ3v) is 8.66. The van der Waals surface area contributed by atoms with Gasteiger partial charge in [0.05, 0.1) is 17.6 Å². The number of anilines is 1. The molecule has 3 aliphatic heterocycles.